The molecule has 0 radical (unpaired) electrons. The molecule has 7 heteroatoms. The quantitative estimate of drug-likeness (QED) is 0.737. The first-order chi connectivity index (χ1) is 11.1. The van der Waals surface area contributed by atoms with Crippen molar-refractivity contribution in [3.8, 4) is 5.75 Å². The highest BCUT2D eigenvalue weighted by Crippen LogP contribution is 2.27. The third-order valence-electron chi connectivity index (χ3n) is 3.31. The van der Waals surface area contributed by atoms with Gasteiger partial charge < -0.3 is 9.47 Å². The molecule has 0 aliphatic rings. The molecular weight excluding hydrogens is 316 g/mol. The van der Waals surface area contributed by atoms with E-state index in [1.165, 1.54) is 24.6 Å². The number of nitrogens with zero attached hydrogens (tertiary/aromatic N) is 2. The van der Waals surface area contributed by atoms with Gasteiger partial charge in [0, 0.05) is 32.6 Å². The molecule has 0 spiro atoms. The van der Waals surface area contributed by atoms with Gasteiger partial charge in [0.15, 0.2) is 0 Å². The molecule has 1 aromatic carbocycles. The van der Waals surface area contributed by atoms with Crippen LogP contribution in [-0.2, 0) is 21.3 Å². The Labute approximate surface area is 136 Å². The van der Waals surface area contributed by atoms with Crippen molar-refractivity contribution in [2.75, 3.05) is 27.4 Å². The van der Waals surface area contributed by atoms with Crippen molar-refractivity contribution in [2.45, 2.75) is 11.4 Å². The van der Waals surface area contributed by atoms with Crippen LogP contribution < -0.4 is 4.74 Å². The fourth-order valence-electron chi connectivity index (χ4n) is 2.14. The monoisotopic (exact) mass is 336 g/mol. The molecule has 6 nitrogen and oxygen atoms in total. The minimum atomic E-state index is -3.71. The number of sulfonamides is 1. The maximum atomic E-state index is 13.0. The lowest BCUT2D eigenvalue weighted by Crippen LogP contribution is -2.33. The summed E-state index contributed by atoms with van der Waals surface area (Å²) in [5.74, 6) is 0.320. The molecule has 0 atom stereocenters. The van der Waals surface area contributed by atoms with Crippen molar-refractivity contribution in [1.82, 2.24) is 9.29 Å². The number of hydrogen-bond acceptors (Lipinski definition) is 5. The van der Waals surface area contributed by atoms with E-state index in [1.54, 1.807) is 36.7 Å². The first-order valence-electron chi connectivity index (χ1n) is 7.10. The fourth-order valence-corrected chi connectivity index (χ4v) is 3.71. The van der Waals surface area contributed by atoms with Crippen LogP contribution in [0.4, 0.5) is 0 Å². The van der Waals surface area contributed by atoms with E-state index >= 15 is 0 Å². The Morgan fingerprint density at radius 2 is 1.91 bits per heavy atom. The van der Waals surface area contributed by atoms with Gasteiger partial charge in [0.2, 0.25) is 10.0 Å². The van der Waals surface area contributed by atoms with Crippen LogP contribution >= 0.6 is 0 Å². The van der Waals surface area contributed by atoms with Crippen molar-refractivity contribution in [2.24, 2.45) is 0 Å². The van der Waals surface area contributed by atoms with Crippen LogP contribution in [0.2, 0.25) is 0 Å². The van der Waals surface area contributed by atoms with Crippen molar-refractivity contribution >= 4 is 10.0 Å². The maximum absolute atomic E-state index is 13.0. The van der Waals surface area contributed by atoms with Crippen LogP contribution in [0, 0.1) is 0 Å². The lowest BCUT2D eigenvalue weighted by molar-refractivity contribution is 0.177. The molecule has 0 bridgehead atoms. The number of para-hydroxylation sites is 1. The molecule has 2 aromatic rings. The minimum Gasteiger partial charge on any atom is -0.495 e. The van der Waals surface area contributed by atoms with E-state index in [0.29, 0.717) is 12.4 Å². The number of pyridine rings is 1. The van der Waals surface area contributed by atoms with Gasteiger partial charge >= 0.3 is 0 Å². The van der Waals surface area contributed by atoms with Crippen molar-refractivity contribution < 1.29 is 17.9 Å². The highest BCUT2D eigenvalue weighted by atomic mass is 32.2. The molecule has 0 unspecified atom stereocenters. The largest absolute Gasteiger partial charge is 0.495 e. The van der Waals surface area contributed by atoms with E-state index in [0.717, 1.165) is 5.56 Å². The summed E-state index contributed by atoms with van der Waals surface area (Å²) in [7, 11) is -0.721. The van der Waals surface area contributed by atoms with E-state index in [1.807, 2.05) is 6.07 Å². The highest BCUT2D eigenvalue weighted by Gasteiger charge is 2.27. The number of aromatic nitrogens is 1. The summed E-state index contributed by atoms with van der Waals surface area (Å²) in [6.07, 6.45) is 3.30. The zero-order chi connectivity index (χ0) is 16.7. The van der Waals surface area contributed by atoms with Crippen molar-refractivity contribution in [1.29, 1.82) is 0 Å². The van der Waals surface area contributed by atoms with Crippen molar-refractivity contribution in [3.63, 3.8) is 0 Å². The topological polar surface area (TPSA) is 68.7 Å². The summed E-state index contributed by atoms with van der Waals surface area (Å²) in [6.45, 7) is 0.762. The highest BCUT2D eigenvalue weighted by molar-refractivity contribution is 7.89. The summed E-state index contributed by atoms with van der Waals surface area (Å²) in [5.41, 5.74) is 0.807. The predicted molar refractivity (Wildman–Crippen MR) is 86.7 cm³/mol. The number of benzene rings is 1. The second-order valence-corrected chi connectivity index (χ2v) is 6.75. The van der Waals surface area contributed by atoms with Gasteiger partial charge in [0.1, 0.15) is 10.6 Å². The molecule has 124 valence electrons. The van der Waals surface area contributed by atoms with Gasteiger partial charge in [0.05, 0.1) is 13.7 Å². The van der Waals surface area contributed by atoms with E-state index in [-0.39, 0.29) is 18.0 Å². The molecule has 0 amide bonds. The number of hydrogen-bond donors (Lipinski definition) is 0. The summed E-state index contributed by atoms with van der Waals surface area (Å²) >= 11 is 0. The van der Waals surface area contributed by atoms with Crippen LogP contribution in [0.15, 0.2) is 53.7 Å². The average molecular weight is 336 g/mol. The molecule has 0 saturated carbocycles. The SMILES string of the molecule is COCCN(Cc1cccnc1)S(=O)(=O)c1ccccc1OC. The summed E-state index contributed by atoms with van der Waals surface area (Å²) in [6, 6.07) is 10.2. The Balaban J connectivity index is 2.36. The molecular formula is C16H20N2O4S. The zero-order valence-corrected chi connectivity index (χ0v) is 14.0. The van der Waals surface area contributed by atoms with Gasteiger partial charge in [-0.15, -0.1) is 0 Å². The Bertz CT molecular complexity index is 720. The van der Waals surface area contributed by atoms with E-state index in [4.69, 9.17) is 9.47 Å². The molecule has 23 heavy (non-hydrogen) atoms. The fraction of sp³-hybridized carbons (Fsp3) is 0.312. The van der Waals surface area contributed by atoms with Crippen LogP contribution in [0.3, 0.4) is 0 Å². The Kier molecular flexibility index (Phi) is 6.09. The number of methoxy groups -OCH3 is 2. The third kappa shape index (κ3) is 4.28. The van der Waals surface area contributed by atoms with Crippen LogP contribution in [0.5, 0.6) is 5.75 Å². The second kappa shape index (κ2) is 8.05. The second-order valence-electron chi connectivity index (χ2n) is 4.84. The summed E-state index contributed by atoms with van der Waals surface area (Å²) in [5, 5.41) is 0. The van der Waals surface area contributed by atoms with Crippen molar-refractivity contribution in [3.05, 3.63) is 54.4 Å². The molecule has 0 N–H and O–H groups in total. The number of rotatable bonds is 8. The van der Waals surface area contributed by atoms with E-state index in [2.05, 4.69) is 4.98 Å². The lowest BCUT2D eigenvalue weighted by Gasteiger charge is -2.23. The van der Waals surface area contributed by atoms with E-state index in [9.17, 15) is 8.42 Å². The lowest BCUT2D eigenvalue weighted by atomic mass is 10.3. The smallest absolute Gasteiger partial charge is 0.247 e. The molecule has 0 aliphatic heterocycles. The van der Waals surface area contributed by atoms with Gasteiger partial charge in [-0.05, 0) is 23.8 Å². The molecule has 1 aromatic heterocycles. The standard InChI is InChI=1S/C16H20N2O4S/c1-21-11-10-18(13-14-6-5-9-17-12-14)23(19,20)16-8-4-3-7-15(16)22-2/h3-9,12H,10-11,13H2,1-2H3. The normalized spacial score (nSPS) is 11.6. The third-order valence-corrected chi connectivity index (χ3v) is 5.20. The molecule has 0 saturated heterocycles. The molecule has 1 heterocycles. The molecule has 0 aliphatic carbocycles. The van der Waals surface area contributed by atoms with Gasteiger partial charge in [-0.3, -0.25) is 4.98 Å². The van der Waals surface area contributed by atoms with Gasteiger partial charge in [-0.2, -0.15) is 4.31 Å². The first-order valence-corrected chi connectivity index (χ1v) is 8.54. The average Bonchev–Trinajstić information content (AvgIpc) is 2.59. The van der Waals surface area contributed by atoms with E-state index < -0.39 is 10.0 Å². The Hall–Kier alpha value is -1.96. The van der Waals surface area contributed by atoms with Crippen LogP contribution in [-0.4, -0.2) is 45.1 Å². The first kappa shape index (κ1) is 17.4. The zero-order valence-electron chi connectivity index (χ0n) is 13.2. The minimum absolute atomic E-state index is 0.141. The Morgan fingerprint density at radius 3 is 2.57 bits per heavy atom. The van der Waals surface area contributed by atoms with Crippen LogP contribution in [0.1, 0.15) is 5.56 Å². The predicted octanol–water partition coefficient (Wildman–Crippen LogP) is 1.93. The molecule has 2 rings (SSSR count). The summed E-state index contributed by atoms with van der Waals surface area (Å²) < 4.78 is 37.6. The van der Waals surface area contributed by atoms with Gasteiger partial charge in [-0.1, -0.05) is 18.2 Å². The number of ether oxygens (including phenoxy) is 2. The van der Waals surface area contributed by atoms with Crippen LogP contribution in [0.25, 0.3) is 0 Å². The summed E-state index contributed by atoms with van der Waals surface area (Å²) in [4.78, 5) is 4.17. The van der Waals surface area contributed by atoms with Gasteiger partial charge in [-0.25, -0.2) is 8.42 Å². The van der Waals surface area contributed by atoms with Gasteiger partial charge in [0.25, 0.3) is 0 Å². The molecule has 0 fully saturated rings. The maximum Gasteiger partial charge on any atom is 0.247 e. The Morgan fingerprint density at radius 1 is 1.13 bits per heavy atom.